The quantitative estimate of drug-likeness (QED) is 0.497. The van der Waals surface area contributed by atoms with Crippen LogP contribution in [-0.2, 0) is 0 Å². The summed E-state index contributed by atoms with van der Waals surface area (Å²) in [5, 5.41) is 10.4. The molecule has 1 rings (SSSR count). The molecule has 0 saturated heterocycles. The second-order valence-electron chi connectivity index (χ2n) is 2.70. The first-order valence-corrected chi connectivity index (χ1v) is 3.29. The fraction of sp³-hybridized carbons (Fsp3) is 0.714. The Morgan fingerprint density at radius 2 is 2.00 bits per heavy atom. The van der Waals surface area contributed by atoms with Gasteiger partial charge in [-0.05, 0) is 20.3 Å². The Kier molecular flexibility index (Phi) is 1.88. The van der Waals surface area contributed by atoms with Crippen LogP contribution in [0.5, 0.6) is 0 Å². The smallest absolute Gasteiger partial charge is 0.0448 e. The van der Waals surface area contributed by atoms with Crippen LogP contribution in [0.1, 0.15) is 20.3 Å². The van der Waals surface area contributed by atoms with Gasteiger partial charge in [-0.25, -0.2) is 0 Å². The van der Waals surface area contributed by atoms with E-state index >= 15 is 0 Å². The Balaban J connectivity index is 2.61. The Hall–Kier alpha value is -0.340. The zero-order valence-corrected chi connectivity index (χ0v) is 6.02. The topological polar surface area (TPSA) is 23.5 Å². The average Bonchev–Trinajstić information content (AvgIpc) is 1.80. The molecule has 1 N–H and O–H groups in total. The first-order valence-electron chi connectivity index (χ1n) is 3.29. The molecule has 0 spiro atoms. The summed E-state index contributed by atoms with van der Waals surface area (Å²) >= 11 is 0. The van der Waals surface area contributed by atoms with Gasteiger partial charge in [0.15, 0.2) is 0 Å². The summed E-state index contributed by atoms with van der Waals surface area (Å²) in [6.45, 7) is 5.72. The van der Waals surface area contributed by atoms with Crippen molar-refractivity contribution in [2.75, 3.05) is 13.1 Å². The van der Waals surface area contributed by atoms with Crippen molar-refractivity contribution in [2.45, 2.75) is 20.3 Å². The summed E-state index contributed by atoms with van der Waals surface area (Å²) in [5.41, 5.74) is 2.74. The van der Waals surface area contributed by atoms with E-state index < -0.39 is 0 Å². The van der Waals surface area contributed by atoms with Gasteiger partial charge in [-0.2, -0.15) is 5.06 Å². The molecule has 0 amide bonds. The Morgan fingerprint density at radius 3 is 2.44 bits per heavy atom. The van der Waals surface area contributed by atoms with Crippen LogP contribution < -0.4 is 0 Å². The highest BCUT2D eigenvalue weighted by Gasteiger charge is 2.09. The highest BCUT2D eigenvalue weighted by atomic mass is 16.5. The number of hydroxylamine groups is 2. The maximum Gasteiger partial charge on any atom is 0.0448 e. The molecule has 2 heteroatoms. The van der Waals surface area contributed by atoms with Crippen LogP contribution in [0, 0.1) is 0 Å². The fourth-order valence-electron chi connectivity index (χ4n) is 0.998. The van der Waals surface area contributed by atoms with E-state index in [1.165, 1.54) is 16.2 Å². The SMILES string of the molecule is CC1=C(C)CN(O)CC1. The Morgan fingerprint density at radius 1 is 1.33 bits per heavy atom. The predicted molar refractivity (Wildman–Crippen MR) is 36.4 cm³/mol. The van der Waals surface area contributed by atoms with Crippen LogP contribution in [-0.4, -0.2) is 23.4 Å². The molecule has 0 unspecified atom stereocenters. The standard InChI is InChI=1S/C7H13NO/c1-6-3-4-8(9)5-7(6)2/h9H,3-5H2,1-2H3. The molecule has 0 atom stereocenters. The van der Waals surface area contributed by atoms with Crippen molar-refractivity contribution >= 4 is 0 Å². The van der Waals surface area contributed by atoms with E-state index in [-0.39, 0.29) is 0 Å². The maximum atomic E-state index is 9.00. The monoisotopic (exact) mass is 127 g/mol. The summed E-state index contributed by atoms with van der Waals surface area (Å²) in [6.07, 6.45) is 1.02. The van der Waals surface area contributed by atoms with Crippen molar-refractivity contribution < 1.29 is 5.21 Å². The summed E-state index contributed by atoms with van der Waals surface area (Å²) in [6, 6.07) is 0. The lowest BCUT2D eigenvalue weighted by Crippen LogP contribution is -2.27. The van der Waals surface area contributed by atoms with Crippen LogP contribution in [0.15, 0.2) is 11.1 Å². The van der Waals surface area contributed by atoms with E-state index in [9.17, 15) is 0 Å². The number of rotatable bonds is 0. The van der Waals surface area contributed by atoms with Gasteiger partial charge in [0.25, 0.3) is 0 Å². The molecule has 0 saturated carbocycles. The summed E-state index contributed by atoms with van der Waals surface area (Å²) in [7, 11) is 0. The second-order valence-corrected chi connectivity index (χ2v) is 2.70. The third kappa shape index (κ3) is 1.53. The molecule has 52 valence electrons. The molecular weight excluding hydrogens is 114 g/mol. The first-order chi connectivity index (χ1) is 4.20. The zero-order valence-electron chi connectivity index (χ0n) is 6.02. The molecule has 0 aromatic heterocycles. The Labute approximate surface area is 55.7 Å². The van der Waals surface area contributed by atoms with Crippen LogP contribution in [0.2, 0.25) is 0 Å². The molecule has 0 aliphatic carbocycles. The normalized spacial score (nSPS) is 23.0. The molecule has 2 nitrogen and oxygen atoms in total. The van der Waals surface area contributed by atoms with Crippen LogP contribution in [0.4, 0.5) is 0 Å². The number of hydrogen-bond donors (Lipinski definition) is 1. The van der Waals surface area contributed by atoms with E-state index in [1.54, 1.807) is 0 Å². The molecule has 1 aliphatic heterocycles. The van der Waals surface area contributed by atoms with Gasteiger partial charge in [-0.15, -0.1) is 0 Å². The molecule has 9 heavy (non-hydrogen) atoms. The second kappa shape index (κ2) is 2.50. The third-order valence-electron chi connectivity index (χ3n) is 1.89. The van der Waals surface area contributed by atoms with Gasteiger partial charge in [0.1, 0.15) is 0 Å². The summed E-state index contributed by atoms with van der Waals surface area (Å²) < 4.78 is 0. The van der Waals surface area contributed by atoms with Crippen molar-refractivity contribution in [1.82, 2.24) is 5.06 Å². The lowest BCUT2D eigenvalue weighted by atomic mass is 10.1. The molecule has 0 aromatic rings. The average molecular weight is 127 g/mol. The van der Waals surface area contributed by atoms with Crippen LogP contribution >= 0.6 is 0 Å². The van der Waals surface area contributed by atoms with Gasteiger partial charge in [0.2, 0.25) is 0 Å². The van der Waals surface area contributed by atoms with E-state index in [1.807, 2.05) is 0 Å². The van der Waals surface area contributed by atoms with Gasteiger partial charge in [0, 0.05) is 13.1 Å². The molecule has 0 bridgehead atoms. The van der Waals surface area contributed by atoms with Crippen LogP contribution in [0.25, 0.3) is 0 Å². The van der Waals surface area contributed by atoms with Gasteiger partial charge in [-0.1, -0.05) is 11.1 Å². The van der Waals surface area contributed by atoms with Crippen molar-refractivity contribution in [1.29, 1.82) is 0 Å². The molecule has 0 aromatic carbocycles. The fourth-order valence-corrected chi connectivity index (χ4v) is 0.998. The minimum atomic E-state index is 0.728. The maximum absolute atomic E-state index is 9.00. The molecule has 0 fully saturated rings. The van der Waals surface area contributed by atoms with E-state index in [2.05, 4.69) is 13.8 Å². The van der Waals surface area contributed by atoms with E-state index in [0.29, 0.717) is 0 Å². The molecule has 1 aliphatic rings. The lowest BCUT2D eigenvalue weighted by Gasteiger charge is -2.22. The molecular formula is C7H13NO. The molecule has 0 radical (unpaired) electrons. The van der Waals surface area contributed by atoms with E-state index in [4.69, 9.17) is 5.21 Å². The van der Waals surface area contributed by atoms with Crippen molar-refractivity contribution in [3.8, 4) is 0 Å². The van der Waals surface area contributed by atoms with Gasteiger partial charge in [0.05, 0.1) is 0 Å². The largest absolute Gasteiger partial charge is 0.314 e. The predicted octanol–water partition coefficient (Wildman–Crippen LogP) is 1.42. The number of nitrogens with zero attached hydrogens (tertiary/aromatic N) is 1. The van der Waals surface area contributed by atoms with Crippen molar-refractivity contribution in [3.05, 3.63) is 11.1 Å². The van der Waals surface area contributed by atoms with Crippen LogP contribution in [0.3, 0.4) is 0 Å². The van der Waals surface area contributed by atoms with Gasteiger partial charge >= 0.3 is 0 Å². The summed E-state index contributed by atoms with van der Waals surface area (Å²) in [5.74, 6) is 0. The van der Waals surface area contributed by atoms with E-state index in [0.717, 1.165) is 19.5 Å². The first kappa shape index (κ1) is 6.78. The lowest BCUT2D eigenvalue weighted by molar-refractivity contribution is -0.0854. The highest BCUT2D eigenvalue weighted by molar-refractivity contribution is 5.13. The van der Waals surface area contributed by atoms with Gasteiger partial charge < -0.3 is 5.21 Å². The minimum Gasteiger partial charge on any atom is -0.314 e. The van der Waals surface area contributed by atoms with Crippen molar-refractivity contribution in [2.24, 2.45) is 0 Å². The zero-order chi connectivity index (χ0) is 6.85. The van der Waals surface area contributed by atoms with Gasteiger partial charge in [-0.3, -0.25) is 0 Å². The highest BCUT2D eigenvalue weighted by Crippen LogP contribution is 2.14. The Bertz CT molecular complexity index is 140. The third-order valence-corrected chi connectivity index (χ3v) is 1.89. The molecule has 1 heterocycles. The number of hydrogen-bond acceptors (Lipinski definition) is 2. The minimum absolute atomic E-state index is 0.728. The van der Waals surface area contributed by atoms with Crippen molar-refractivity contribution in [3.63, 3.8) is 0 Å². The summed E-state index contributed by atoms with van der Waals surface area (Å²) in [4.78, 5) is 0.